The largest absolute Gasteiger partial charge is 0.463 e. The second-order valence-corrected chi connectivity index (χ2v) is 7.29. The Labute approximate surface area is 175 Å². The highest BCUT2D eigenvalue weighted by Gasteiger charge is 2.56. The Morgan fingerprint density at radius 1 is 1.30 bits per heavy atom. The molecule has 0 saturated carbocycles. The molecule has 0 radical (unpaired) electrons. The van der Waals surface area contributed by atoms with E-state index in [-0.39, 0.29) is 28.9 Å². The van der Waals surface area contributed by atoms with E-state index >= 15 is 0 Å². The zero-order valence-corrected chi connectivity index (χ0v) is 17.3. The van der Waals surface area contributed by atoms with Gasteiger partial charge in [-0.25, -0.2) is 4.98 Å². The molecule has 3 heterocycles. The second-order valence-electron chi connectivity index (χ2n) is 6.93. The van der Waals surface area contributed by atoms with E-state index in [0.717, 1.165) is 0 Å². The molecule has 1 aliphatic rings. The lowest BCUT2D eigenvalue weighted by Crippen LogP contribution is -2.47. The molecule has 0 bridgehead atoms. The molecule has 2 N–H and O–H groups in total. The molecule has 0 aliphatic carbocycles. The number of aliphatic hydroxyl groups is 1. The zero-order valence-electron chi connectivity index (χ0n) is 16.6. The molecule has 3 rings (SSSR count). The number of nitrogens with zero attached hydrogens (tertiary/aromatic N) is 4. The quantitative estimate of drug-likeness (QED) is 0.497. The summed E-state index contributed by atoms with van der Waals surface area (Å²) >= 11 is 6.14. The first-order valence-corrected chi connectivity index (χ1v) is 9.24. The van der Waals surface area contributed by atoms with Crippen molar-refractivity contribution in [3.8, 4) is 0 Å². The number of halogens is 1. The summed E-state index contributed by atoms with van der Waals surface area (Å²) < 4.78 is 17.5. The third-order valence-electron chi connectivity index (χ3n) is 4.38. The number of imidazole rings is 1. The van der Waals surface area contributed by atoms with Gasteiger partial charge >= 0.3 is 11.9 Å². The van der Waals surface area contributed by atoms with Crippen molar-refractivity contribution >= 4 is 46.6 Å². The molecule has 1 saturated heterocycles. The molecule has 0 aromatic carbocycles. The number of ether oxygens (including phenoxy) is 3. The van der Waals surface area contributed by atoms with Crippen LogP contribution in [0.25, 0.3) is 11.2 Å². The Balaban J connectivity index is 2.03. The van der Waals surface area contributed by atoms with E-state index < -0.39 is 41.9 Å². The van der Waals surface area contributed by atoms with Gasteiger partial charge in [0.2, 0.25) is 11.9 Å². The van der Waals surface area contributed by atoms with Crippen LogP contribution in [0.4, 0.5) is 5.95 Å². The summed E-state index contributed by atoms with van der Waals surface area (Å²) in [5.41, 5.74) is -1.38. The number of aromatic nitrogens is 4. The van der Waals surface area contributed by atoms with Crippen LogP contribution in [0.3, 0.4) is 0 Å². The van der Waals surface area contributed by atoms with E-state index in [0.29, 0.717) is 0 Å². The van der Waals surface area contributed by atoms with Crippen molar-refractivity contribution in [2.45, 2.75) is 51.7 Å². The van der Waals surface area contributed by atoms with Gasteiger partial charge in [-0.15, -0.1) is 0 Å². The lowest BCUT2D eigenvalue weighted by molar-refractivity contribution is -0.162. The highest BCUT2D eigenvalue weighted by atomic mass is 35.5. The summed E-state index contributed by atoms with van der Waals surface area (Å²) in [6.45, 7) is 4.84. The molecule has 1 aliphatic heterocycles. The summed E-state index contributed by atoms with van der Waals surface area (Å²) in [7, 11) is 0. The lowest BCUT2D eigenvalue weighted by Gasteiger charge is -2.29. The van der Waals surface area contributed by atoms with Crippen LogP contribution in [0.5, 0.6) is 0 Å². The summed E-state index contributed by atoms with van der Waals surface area (Å²) in [4.78, 5) is 46.4. The van der Waals surface area contributed by atoms with Crippen molar-refractivity contribution < 1.29 is 33.7 Å². The van der Waals surface area contributed by atoms with Crippen LogP contribution in [0.2, 0.25) is 5.15 Å². The molecular formula is C17H20ClN5O7. The number of esters is 2. The van der Waals surface area contributed by atoms with E-state index in [2.05, 4.69) is 20.3 Å². The van der Waals surface area contributed by atoms with Gasteiger partial charge in [-0.3, -0.25) is 24.3 Å². The van der Waals surface area contributed by atoms with Gasteiger partial charge in [0.15, 0.2) is 23.1 Å². The minimum Gasteiger partial charge on any atom is -0.463 e. The highest BCUT2D eigenvalue weighted by Crippen LogP contribution is 2.41. The number of carbonyl (C=O) groups is 3. The third-order valence-corrected chi connectivity index (χ3v) is 4.64. The van der Waals surface area contributed by atoms with Gasteiger partial charge < -0.3 is 19.3 Å². The van der Waals surface area contributed by atoms with Crippen LogP contribution in [-0.2, 0) is 28.6 Å². The summed E-state index contributed by atoms with van der Waals surface area (Å²) in [6.07, 6.45) is -1.92. The van der Waals surface area contributed by atoms with Crippen molar-refractivity contribution in [1.82, 2.24) is 19.5 Å². The highest BCUT2D eigenvalue weighted by molar-refractivity contribution is 6.33. The van der Waals surface area contributed by atoms with Crippen molar-refractivity contribution in [3.63, 3.8) is 0 Å². The normalized spacial score (nSPS) is 25.9. The third kappa shape index (κ3) is 4.20. The van der Waals surface area contributed by atoms with Gasteiger partial charge in [0.05, 0.1) is 6.33 Å². The van der Waals surface area contributed by atoms with Crippen molar-refractivity contribution in [3.05, 3.63) is 11.5 Å². The topological polar surface area (TPSA) is 155 Å². The van der Waals surface area contributed by atoms with Crippen LogP contribution in [0, 0.1) is 0 Å². The lowest BCUT2D eigenvalue weighted by atomic mass is 9.96. The van der Waals surface area contributed by atoms with Crippen LogP contribution in [0.1, 0.15) is 33.9 Å². The minimum absolute atomic E-state index is 0.0202. The van der Waals surface area contributed by atoms with Gasteiger partial charge in [0.25, 0.3) is 0 Å². The van der Waals surface area contributed by atoms with E-state index in [4.69, 9.17) is 25.8 Å². The number of rotatable bonds is 5. The molecule has 1 amide bonds. The molecular weight excluding hydrogens is 422 g/mol. The SMILES string of the molecule is CC(=O)Nc1nc(Cl)c2ncn([C@@H]3O[C@H](COC(C)=O)[C@@H](OC(C)=O)C3(C)O)c2n1. The minimum atomic E-state index is -1.75. The number of hydrogen-bond donors (Lipinski definition) is 2. The van der Waals surface area contributed by atoms with Crippen LogP contribution >= 0.6 is 11.6 Å². The molecule has 12 nitrogen and oxygen atoms in total. The van der Waals surface area contributed by atoms with E-state index in [1.54, 1.807) is 0 Å². The van der Waals surface area contributed by atoms with Crippen LogP contribution < -0.4 is 5.32 Å². The summed E-state index contributed by atoms with van der Waals surface area (Å²) in [5, 5.41) is 13.6. The van der Waals surface area contributed by atoms with Crippen molar-refractivity contribution in [2.24, 2.45) is 0 Å². The smallest absolute Gasteiger partial charge is 0.303 e. The fraction of sp³-hybridized carbons (Fsp3) is 0.529. The molecule has 1 fully saturated rings. The fourth-order valence-corrected chi connectivity index (χ4v) is 3.42. The predicted molar refractivity (Wildman–Crippen MR) is 101 cm³/mol. The number of amides is 1. The monoisotopic (exact) mass is 441 g/mol. The fourth-order valence-electron chi connectivity index (χ4n) is 3.21. The Hall–Kier alpha value is -2.83. The molecule has 13 heteroatoms. The number of carbonyl (C=O) groups excluding carboxylic acids is 3. The van der Waals surface area contributed by atoms with Crippen LogP contribution in [0.15, 0.2) is 6.33 Å². The standard InChI is InChI=1S/C17H20ClN5O7/c1-7(24)20-16-21-13(18)11-14(22-16)23(6-19-11)15-17(4,27)12(29-9(3)26)10(30-15)5-28-8(2)25/h6,10,12,15,27H,5H2,1-4H3,(H,20,21,22,24)/t10-,12-,15-,17?/m1/s1. The van der Waals surface area contributed by atoms with Gasteiger partial charge in [-0.2, -0.15) is 9.97 Å². The van der Waals surface area contributed by atoms with Crippen molar-refractivity contribution in [1.29, 1.82) is 0 Å². The Kier molecular flexibility index (Phi) is 5.92. The second kappa shape index (κ2) is 8.13. The van der Waals surface area contributed by atoms with E-state index in [1.807, 2.05) is 0 Å². The molecule has 2 aromatic heterocycles. The van der Waals surface area contributed by atoms with Gasteiger partial charge in [-0.1, -0.05) is 11.6 Å². The number of hydrogen-bond acceptors (Lipinski definition) is 10. The van der Waals surface area contributed by atoms with E-state index in [9.17, 15) is 19.5 Å². The predicted octanol–water partition coefficient (Wildman–Crippen LogP) is 0.581. The Morgan fingerprint density at radius 2 is 2.00 bits per heavy atom. The van der Waals surface area contributed by atoms with Crippen LogP contribution in [-0.4, -0.2) is 66.9 Å². The maximum Gasteiger partial charge on any atom is 0.303 e. The first kappa shape index (κ1) is 21.9. The maximum absolute atomic E-state index is 11.6. The average molecular weight is 442 g/mol. The first-order valence-electron chi connectivity index (χ1n) is 8.86. The molecule has 1 unspecified atom stereocenters. The molecule has 30 heavy (non-hydrogen) atoms. The molecule has 4 atom stereocenters. The average Bonchev–Trinajstić information content (AvgIpc) is 3.12. The van der Waals surface area contributed by atoms with Crippen molar-refractivity contribution in [2.75, 3.05) is 11.9 Å². The number of anilines is 1. The number of fused-ring (bicyclic) bond motifs is 1. The summed E-state index contributed by atoms with van der Waals surface area (Å²) in [5.74, 6) is -1.67. The number of nitrogens with one attached hydrogen (secondary N) is 1. The molecule has 0 spiro atoms. The van der Waals surface area contributed by atoms with Gasteiger partial charge in [0, 0.05) is 20.8 Å². The molecule has 162 valence electrons. The first-order chi connectivity index (χ1) is 14.0. The Morgan fingerprint density at radius 3 is 2.60 bits per heavy atom. The van der Waals surface area contributed by atoms with Gasteiger partial charge in [-0.05, 0) is 6.92 Å². The summed E-state index contributed by atoms with van der Waals surface area (Å²) in [6, 6.07) is 0. The van der Waals surface area contributed by atoms with E-state index in [1.165, 1.54) is 38.6 Å². The maximum atomic E-state index is 11.6. The zero-order chi connectivity index (χ0) is 22.2. The molecule has 2 aromatic rings. The van der Waals surface area contributed by atoms with Gasteiger partial charge in [0.1, 0.15) is 23.8 Å². The Bertz CT molecular complexity index is 1010.